The fourth-order valence-electron chi connectivity index (χ4n) is 2.94. The molecular weight excluding hydrogens is 286 g/mol. The van der Waals surface area contributed by atoms with Crippen LogP contribution in [0.2, 0.25) is 0 Å². The predicted octanol–water partition coefficient (Wildman–Crippen LogP) is 1.50. The van der Waals surface area contributed by atoms with Crippen molar-refractivity contribution < 1.29 is 8.42 Å². The van der Waals surface area contributed by atoms with Gasteiger partial charge in [-0.05, 0) is 12.6 Å². The number of piperazine rings is 1. The van der Waals surface area contributed by atoms with Gasteiger partial charge in [0.1, 0.15) is 4.90 Å². The van der Waals surface area contributed by atoms with Crippen molar-refractivity contribution in [2.45, 2.75) is 11.8 Å². The van der Waals surface area contributed by atoms with Gasteiger partial charge >= 0.3 is 0 Å². The Labute approximate surface area is 125 Å². The van der Waals surface area contributed by atoms with E-state index in [4.69, 9.17) is 0 Å². The van der Waals surface area contributed by atoms with E-state index in [2.05, 4.69) is 11.8 Å². The van der Waals surface area contributed by atoms with Crippen LogP contribution in [0, 0.1) is 0 Å². The third kappa shape index (κ3) is 2.47. The molecule has 0 bridgehead atoms. The normalized spacial score (nSPS) is 18.4. The van der Waals surface area contributed by atoms with Gasteiger partial charge in [-0.3, -0.25) is 0 Å². The van der Waals surface area contributed by atoms with Gasteiger partial charge in [-0.25, -0.2) is 8.42 Å². The quantitative estimate of drug-likeness (QED) is 0.863. The molecule has 0 N–H and O–H groups in total. The van der Waals surface area contributed by atoms with E-state index in [9.17, 15) is 8.42 Å². The monoisotopic (exact) mass is 307 g/mol. The van der Waals surface area contributed by atoms with Crippen LogP contribution in [0.5, 0.6) is 0 Å². The van der Waals surface area contributed by atoms with Gasteiger partial charge in [0, 0.05) is 50.3 Å². The van der Waals surface area contributed by atoms with E-state index in [1.54, 1.807) is 10.5 Å². The number of fused-ring (bicyclic) bond motifs is 1. The maximum Gasteiger partial charge on any atom is 0.245 e. The first kappa shape index (κ1) is 14.6. The summed E-state index contributed by atoms with van der Waals surface area (Å²) in [6.07, 6.45) is 1.73. The lowest BCUT2D eigenvalue weighted by atomic mass is 10.2. The van der Waals surface area contributed by atoms with Crippen molar-refractivity contribution in [2.24, 2.45) is 7.05 Å². The van der Waals surface area contributed by atoms with Crippen molar-refractivity contribution in [1.82, 2.24) is 13.8 Å². The highest BCUT2D eigenvalue weighted by Crippen LogP contribution is 2.27. The van der Waals surface area contributed by atoms with E-state index in [1.807, 2.05) is 35.9 Å². The Morgan fingerprint density at radius 2 is 1.76 bits per heavy atom. The molecule has 0 unspecified atom stereocenters. The molecule has 5 nitrogen and oxygen atoms in total. The highest BCUT2D eigenvalue weighted by atomic mass is 32.2. The number of likely N-dealkylation sites (N-methyl/N-ethyl adjacent to an activating group) is 1. The molecule has 1 aromatic carbocycles. The molecule has 21 heavy (non-hydrogen) atoms. The highest BCUT2D eigenvalue weighted by Gasteiger charge is 2.30. The Kier molecular flexibility index (Phi) is 3.77. The van der Waals surface area contributed by atoms with Gasteiger partial charge in [0.05, 0.1) is 0 Å². The van der Waals surface area contributed by atoms with Crippen molar-refractivity contribution in [2.75, 3.05) is 32.7 Å². The minimum absolute atomic E-state index is 0.422. The number of para-hydroxylation sites is 1. The van der Waals surface area contributed by atoms with Gasteiger partial charge in [-0.2, -0.15) is 4.31 Å². The summed E-state index contributed by atoms with van der Waals surface area (Å²) < 4.78 is 29.3. The van der Waals surface area contributed by atoms with Crippen molar-refractivity contribution in [1.29, 1.82) is 0 Å². The second-order valence-corrected chi connectivity index (χ2v) is 7.37. The maximum atomic E-state index is 12.9. The maximum absolute atomic E-state index is 12.9. The lowest BCUT2D eigenvalue weighted by Crippen LogP contribution is -2.48. The number of hydrogen-bond acceptors (Lipinski definition) is 3. The molecule has 0 aliphatic carbocycles. The standard InChI is InChI=1S/C15H21N3O2S/c1-3-17-8-10-18(11-9-17)21(19,20)15-12-16(2)14-7-5-4-6-13(14)15/h4-7,12H,3,8-11H2,1-2H3. The van der Waals surface area contributed by atoms with Crippen LogP contribution in [0.4, 0.5) is 0 Å². The summed E-state index contributed by atoms with van der Waals surface area (Å²) in [6, 6.07) is 7.64. The molecule has 1 fully saturated rings. The third-order valence-electron chi connectivity index (χ3n) is 4.26. The minimum Gasteiger partial charge on any atom is -0.349 e. The van der Waals surface area contributed by atoms with Gasteiger partial charge in [0.15, 0.2) is 0 Å². The summed E-state index contributed by atoms with van der Waals surface area (Å²) in [7, 11) is -1.53. The largest absolute Gasteiger partial charge is 0.349 e. The summed E-state index contributed by atoms with van der Waals surface area (Å²) in [5.74, 6) is 0. The first-order valence-corrected chi connectivity index (χ1v) is 8.74. The van der Waals surface area contributed by atoms with Gasteiger partial charge in [0.2, 0.25) is 10.0 Å². The molecule has 1 saturated heterocycles. The number of aromatic nitrogens is 1. The van der Waals surface area contributed by atoms with Crippen LogP contribution >= 0.6 is 0 Å². The molecule has 1 aromatic heterocycles. The predicted molar refractivity (Wildman–Crippen MR) is 83.8 cm³/mol. The zero-order chi connectivity index (χ0) is 15.0. The zero-order valence-corrected chi connectivity index (χ0v) is 13.3. The van der Waals surface area contributed by atoms with Gasteiger partial charge in [-0.1, -0.05) is 25.1 Å². The fourth-order valence-corrected chi connectivity index (χ4v) is 4.60. The molecule has 114 valence electrons. The summed E-state index contributed by atoms with van der Waals surface area (Å²) >= 11 is 0. The van der Waals surface area contributed by atoms with Crippen LogP contribution in [0.3, 0.4) is 0 Å². The van der Waals surface area contributed by atoms with Gasteiger partial charge < -0.3 is 9.47 Å². The van der Waals surface area contributed by atoms with Crippen LogP contribution < -0.4 is 0 Å². The second-order valence-electron chi connectivity index (χ2n) is 5.46. The van der Waals surface area contributed by atoms with Crippen molar-refractivity contribution in [3.8, 4) is 0 Å². The van der Waals surface area contributed by atoms with Gasteiger partial charge in [0.25, 0.3) is 0 Å². The first-order valence-electron chi connectivity index (χ1n) is 7.30. The molecule has 3 rings (SSSR count). The van der Waals surface area contributed by atoms with E-state index < -0.39 is 10.0 Å². The molecule has 1 aliphatic heterocycles. The summed E-state index contributed by atoms with van der Waals surface area (Å²) in [5, 5.41) is 0.804. The molecular formula is C15H21N3O2S. The second kappa shape index (κ2) is 5.44. The van der Waals surface area contributed by atoms with Crippen LogP contribution in [0.25, 0.3) is 10.9 Å². The Balaban J connectivity index is 1.98. The molecule has 2 heterocycles. The van der Waals surface area contributed by atoms with Crippen molar-refractivity contribution in [3.05, 3.63) is 30.5 Å². The number of sulfonamides is 1. The molecule has 0 spiro atoms. The van der Waals surface area contributed by atoms with Crippen molar-refractivity contribution >= 4 is 20.9 Å². The van der Waals surface area contributed by atoms with Crippen molar-refractivity contribution in [3.63, 3.8) is 0 Å². The lowest BCUT2D eigenvalue weighted by molar-refractivity contribution is 0.196. The first-order chi connectivity index (χ1) is 10.0. The molecule has 0 amide bonds. The van der Waals surface area contributed by atoms with Crippen LogP contribution in [0.15, 0.2) is 35.4 Å². The summed E-state index contributed by atoms with van der Waals surface area (Å²) in [5.41, 5.74) is 0.947. The lowest BCUT2D eigenvalue weighted by Gasteiger charge is -2.33. The smallest absolute Gasteiger partial charge is 0.245 e. The third-order valence-corrected chi connectivity index (χ3v) is 6.18. The molecule has 0 saturated carbocycles. The topological polar surface area (TPSA) is 45.6 Å². The molecule has 2 aromatic rings. The molecule has 1 aliphatic rings. The van der Waals surface area contributed by atoms with Crippen LogP contribution in [-0.2, 0) is 17.1 Å². The summed E-state index contributed by atoms with van der Waals surface area (Å²) in [4.78, 5) is 2.69. The number of benzene rings is 1. The SMILES string of the molecule is CCN1CCN(S(=O)(=O)c2cn(C)c3ccccc23)CC1. The molecule has 0 atom stereocenters. The van der Waals surface area contributed by atoms with Gasteiger partial charge in [-0.15, -0.1) is 0 Å². The number of hydrogen-bond donors (Lipinski definition) is 0. The number of rotatable bonds is 3. The average Bonchev–Trinajstić information content (AvgIpc) is 2.86. The Hall–Kier alpha value is -1.37. The Morgan fingerprint density at radius 3 is 2.43 bits per heavy atom. The minimum atomic E-state index is -3.41. The Morgan fingerprint density at radius 1 is 1.10 bits per heavy atom. The Bertz CT molecular complexity index is 743. The van der Waals surface area contributed by atoms with E-state index in [-0.39, 0.29) is 0 Å². The summed E-state index contributed by atoms with van der Waals surface area (Å²) in [6.45, 7) is 5.83. The van der Waals surface area contributed by atoms with E-state index in [0.717, 1.165) is 30.5 Å². The number of aryl methyl sites for hydroxylation is 1. The molecule has 0 radical (unpaired) electrons. The van der Waals surface area contributed by atoms with Crippen LogP contribution in [0.1, 0.15) is 6.92 Å². The zero-order valence-electron chi connectivity index (χ0n) is 12.5. The van der Waals surface area contributed by atoms with E-state index in [1.165, 1.54) is 0 Å². The highest BCUT2D eigenvalue weighted by molar-refractivity contribution is 7.89. The van der Waals surface area contributed by atoms with E-state index in [0.29, 0.717) is 18.0 Å². The number of nitrogens with zero attached hydrogens (tertiary/aromatic N) is 3. The molecule has 6 heteroatoms. The van der Waals surface area contributed by atoms with Crippen LogP contribution in [-0.4, -0.2) is 54.9 Å². The average molecular weight is 307 g/mol. The fraction of sp³-hybridized carbons (Fsp3) is 0.467. The van der Waals surface area contributed by atoms with E-state index >= 15 is 0 Å².